The van der Waals surface area contributed by atoms with E-state index < -0.39 is 10.0 Å². The highest BCUT2D eigenvalue weighted by Gasteiger charge is 2.31. The van der Waals surface area contributed by atoms with Crippen molar-refractivity contribution in [2.24, 2.45) is 0 Å². The topological polar surface area (TPSA) is 46.6 Å². The van der Waals surface area contributed by atoms with Crippen LogP contribution in [0.5, 0.6) is 0 Å². The summed E-state index contributed by atoms with van der Waals surface area (Å²) in [7, 11) is -1.91. The molecule has 0 spiro atoms. The Morgan fingerprint density at radius 1 is 1.17 bits per heavy atom. The van der Waals surface area contributed by atoms with E-state index in [2.05, 4.69) is 0 Å². The highest BCUT2D eigenvalue weighted by Crippen LogP contribution is 2.37. The van der Waals surface area contributed by atoms with Crippen LogP contribution in [0.1, 0.15) is 23.7 Å². The predicted octanol–water partition coefficient (Wildman–Crippen LogP) is 3.25. The first-order chi connectivity index (χ1) is 11.0. The number of anilines is 1. The summed E-state index contributed by atoms with van der Waals surface area (Å²) in [6.07, 6.45) is 0.513. The molecule has 2 aromatic carbocycles. The van der Waals surface area contributed by atoms with Crippen LogP contribution in [0.25, 0.3) is 0 Å². The van der Waals surface area contributed by atoms with Gasteiger partial charge in [0, 0.05) is 19.2 Å². The molecule has 3 rings (SSSR count). The SMILES string of the molecule is COC1CCN(S(=O)(=O)Cc2ccc(F)cc2)c2ccccc21. The molecule has 0 saturated carbocycles. The van der Waals surface area contributed by atoms with Crippen LogP contribution in [0.3, 0.4) is 0 Å². The minimum atomic E-state index is -3.54. The number of hydrogen-bond acceptors (Lipinski definition) is 3. The zero-order valence-electron chi connectivity index (χ0n) is 12.8. The van der Waals surface area contributed by atoms with E-state index in [1.807, 2.05) is 18.2 Å². The van der Waals surface area contributed by atoms with Crippen molar-refractivity contribution in [1.82, 2.24) is 0 Å². The number of nitrogens with zero attached hydrogens (tertiary/aromatic N) is 1. The number of halogens is 1. The molecule has 0 fully saturated rings. The molecular weight excluding hydrogens is 317 g/mol. The van der Waals surface area contributed by atoms with Crippen molar-refractivity contribution in [3.63, 3.8) is 0 Å². The molecule has 1 aliphatic heterocycles. The molecule has 0 aliphatic carbocycles. The normalized spacial score (nSPS) is 17.8. The third kappa shape index (κ3) is 3.23. The molecule has 2 aromatic rings. The van der Waals surface area contributed by atoms with E-state index in [1.54, 1.807) is 13.2 Å². The van der Waals surface area contributed by atoms with Crippen LogP contribution in [-0.4, -0.2) is 22.1 Å². The molecule has 4 nitrogen and oxygen atoms in total. The minimum absolute atomic E-state index is 0.0940. The Balaban J connectivity index is 1.92. The van der Waals surface area contributed by atoms with Gasteiger partial charge in [0.15, 0.2) is 0 Å². The van der Waals surface area contributed by atoms with Crippen molar-refractivity contribution in [2.75, 3.05) is 18.0 Å². The molecular formula is C17H18FNO3S. The lowest BCUT2D eigenvalue weighted by Crippen LogP contribution is -2.37. The van der Waals surface area contributed by atoms with E-state index in [4.69, 9.17) is 4.74 Å². The Kier molecular flexibility index (Phi) is 4.37. The van der Waals surface area contributed by atoms with Crippen molar-refractivity contribution in [3.05, 3.63) is 65.5 Å². The van der Waals surface area contributed by atoms with Gasteiger partial charge in [0.25, 0.3) is 0 Å². The number of sulfonamides is 1. The number of ether oxygens (including phenoxy) is 1. The van der Waals surface area contributed by atoms with Crippen molar-refractivity contribution >= 4 is 15.7 Å². The van der Waals surface area contributed by atoms with Crippen LogP contribution >= 0.6 is 0 Å². The molecule has 0 amide bonds. The smallest absolute Gasteiger partial charge is 0.239 e. The standard InChI is InChI=1S/C17H18FNO3S/c1-22-17-10-11-19(16-5-3-2-4-15(16)17)23(20,21)12-13-6-8-14(18)9-7-13/h2-9,17H,10-12H2,1H3. The molecule has 0 radical (unpaired) electrons. The van der Waals surface area contributed by atoms with Crippen LogP contribution in [0.4, 0.5) is 10.1 Å². The van der Waals surface area contributed by atoms with Crippen molar-refractivity contribution in [3.8, 4) is 0 Å². The Labute approximate surface area is 135 Å². The average molecular weight is 335 g/mol. The van der Waals surface area contributed by atoms with E-state index >= 15 is 0 Å². The molecule has 0 bridgehead atoms. The Morgan fingerprint density at radius 2 is 1.87 bits per heavy atom. The first-order valence-electron chi connectivity index (χ1n) is 7.38. The van der Waals surface area contributed by atoms with Crippen LogP contribution in [-0.2, 0) is 20.5 Å². The molecule has 122 valence electrons. The van der Waals surface area contributed by atoms with Gasteiger partial charge in [-0.1, -0.05) is 30.3 Å². The van der Waals surface area contributed by atoms with Gasteiger partial charge in [-0.15, -0.1) is 0 Å². The zero-order valence-corrected chi connectivity index (χ0v) is 13.6. The first-order valence-corrected chi connectivity index (χ1v) is 8.99. The quantitative estimate of drug-likeness (QED) is 0.862. The van der Waals surface area contributed by atoms with Gasteiger partial charge in [0.1, 0.15) is 5.82 Å². The summed E-state index contributed by atoms with van der Waals surface area (Å²) in [6.45, 7) is 0.374. The van der Waals surface area contributed by atoms with E-state index in [9.17, 15) is 12.8 Å². The fourth-order valence-corrected chi connectivity index (χ4v) is 4.52. The van der Waals surface area contributed by atoms with Gasteiger partial charge in [-0.2, -0.15) is 0 Å². The summed E-state index contributed by atoms with van der Waals surface area (Å²) in [5, 5.41) is 0. The Morgan fingerprint density at radius 3 is 2.57 bits per heavy atom. The summed E-state index contributed by atoms with van der Waals surface area (Å²) in [5.41, 5.74) is 2.11. The second-order valence-corrected chi connectivity index (χ2v) is 7.42. The molecule has 0 saturated heterocycles. The van der Waals surface area contributed by atoms with Gasteiger partial charge < -0.3 is 4.74 Å². The van der Waals surface area contributed by atoms with E-state index in [-0.39, 0.29) is 17.7 Å². The highest BCUT2D eigenvalue weighted by molar-refractivity contribution is 7.92. The minimum Gasteiger partial charge on any atom is -0.377 e. The highest BCUT2D eigenvalue weighted by atomic mass is 32.2. The lowest BCUT2D eigenvalue weighted by molar-refractivity contribution is 0.0951. The van der Waals surface area contributed by atoms with Crippen molar-refractivity contribution < 1.29 is 17.5 Å². The third-order valence-electron chi connectivity index (χ3n) is 4.03. The molecule has 1 heterocycles. The summed E-state index contributed by atoms with van der Waals surface area (Å²) >= 11 is 0. The molecule has 23 heavy (non-hydrogen) atoms. The van der Waals surface area contributed by atoms with E-state index in [0.717, 1.165) is 5.56 Å². The van der Waals surface area contributed by atoms with Crippen LogP contribution in [0.2, 0.25) is 0 Å². The van der Waals surface area contributed by atoms with E-state index in [0.29, 0.717) is 24.2 Å². The van der Waals surface area contributed by atoms with E-state index in [1.165, 1.54) is 28.6 Å². The van der Waals surface area contributed by atoms with Crippen LogP contribution in [0, 0.1) is 5.82 Å². The summed E-state index contributed by atoms with van der Waals surface area (Å²) < 4.78 is 45.4. The number of hydrogen-bond donors (Lipinski definition) is 0. The van der Waals surface area contributed by atoms with Gasteiger partial charge >= 0.3 is 0 Å². The maximum atomic E-state index is 13.0. The molecule has 6 heteroatoms. The molecule has 0 aromatic heterocycles. The van der Waals surface area contributed by atoms with Crippen LogP contribution < -0.4 is 4.31 Å². The summed E-state index contributed by atoms with van der Waals surface area (Å²) in [4.78, 5) is 0. The van der Waals surface area contributed by atoms with Gasteiger partial charge in [-0.05, 0) is 30.2 Å². The largest absolute Gasteiger partial charge is 0.377 e. The number of benzene rings is 2. The number of methoxy groups -OCH3 is 1. The average Bonchev–Trinajstić information content (AvgIpc) is 2.55. The summed E-state index contributed by atoms with van der Waals surface area (Å²) in [6, 6.07) is 12.9. The second kappa shape index (κ2) is 6.29. The number of para-hydroxylation sites is 1. The summed E-state index contributed by atoms with van der Waals surface area (Å²) in [5.74, 6) is -0.531. The maximum Gasteiger partial charge on any atom is 0.239 e. The van der Waals surface area contributed by atoms with Gasteiger partial charge in [0.2, 0.25) is 10.0 Å². The molecule has 1 unspecified atom stereocenters. The van der Waals surface area contributed by atoms with Crippen molar-refractivity contribution in [2.45, 2.75) is 18.3 Å². The second-order valence-electron chi connectivity index (χ2n) is 5.53. The predicted molar refractivity (Wildman–Crippen MR) is 87.2 cm³/mol. The Hall–Kier alpha value is -1.92. The molecule has 1 aliphatic rings. The molecule has 1 atom stereocenters. The monoisotopic (exact) mass is 335 g/mol. The number of fused-ring (bicyclic) bond motifs is 1. The van der Waals surface area contributed by atoms with Gasteiger partial charge in [0.05, 0.1) is 17.5 Å². The van der Waals surface area contributed by atoms with Gasteiger partial charge in [-0.3, -0.25) is 4.31 Å². The first kappa shape index (κ1) is 16.0. The van der Waals surface area contributed by atoms with Crippen molar-refractivity contribution in [1.29, 1.82) is 0 Å². The number of rotatable bonds is 4. The lowest BCUT2D eigenvalue weighted by Gasteiger charge is -2.34. The van der Waals surface area contributed by atoms with Gasteiger partial charge in [-0.25, -0.2) is 12.8 Å². The fourth-order valence-electron chi connectivity index (χ4n) is 2.90. The maximum absolute atomic E-state index is 13.0. The third-order valence-corrected chi connectivity index (χ3v) is 5.78. The van der Waals surface area contributed by atoms with Crippen LogP contribution in [0.15, 0.2) is 48.5 Å². The zero-order chi connectivity index (χ0) is 16.4. The fraction of sp³-hybridized carbons (Fsp3) is 0.294. The molecule has 0 N–H and O–H groups in total. The lowest BCUT2D eigenvalue weighted by atomic mass is 10.0. The Bertz CT molecular complexity index is 790.